The number of carbonyl (C=O) groups excluding carboxylic acids is 2. The predicted molar refractivity (Wildman–Crippen MR) is 103 cm³/mol. The Kier molecular flexibility index (Phi) is 6.25. The van der Waals surface area contributed by atoms with Gasteiger partial charge in [0.25, 0.3) is 0 Å². The van der Waals surface area contributed by atoms with E-state index >= 15 is 0 Å². The number of ether oxygens (including phenoxy) is 2. The number of benzene rings is 2. The Morgan fingerprint density at radius 3 is 2.62 bits per heavy atom. The maximum atomic E-state index is 11.9. The molecule has 0 spiro atoms. The number of nitrogens with zero attached hydrogens (tertiary/aromatic N) is 1. The van der Waals surface area contributed by atoms with Crippen LogP contribution >= 0.6 is 23.1 Å². The van der Waals surface area contributed by atoms with Crippen molar-refractivity contribution >= 4 is 45.3 Å². The number of para-hydroxylation sites is 1. The first-order valence-corrected chi connectivity index (χ1v) is 9.83. The van der Waals surface area contributed by atoms with E-state index in [-0.39, 0.29) is 5.97 Å². The highest BCUT2D eigenvalue weighted by atomic mass is 32.2. The van der Waals surface area contributed by atoms with E-state index in [9.17, 15) is 9.59 Å². The van der Waals surface area contributed by atoms with E-state index in [1.165, 1.54) is 11.8 Å². The van der Waals surface area contributed by atoms with E-state index in [2.05, 4.69) is 15.8 Å². The van der Waals surface area contributed by atoms with Gasteiger partial charge in [0.05, 0.1) is 22.9 Å². The molecule has 2 aromatic carbocycles. The van der Waals surface area contributed by atoms with Crippen molar-refractivity contribution in [2.24, 2.45) is 0 Å². The van der Waals surface area contributed by atoms with E-state index in [0.29, 0.717) is 24.2 Å². The molecule has 0 bridgehead atoms. The number of hydrogen-bond acceptors (Lipinski definition) is 7. The molecule has 1 aromatic heterocycles. The summed E-state index contributed by atoms with van der Waals surface area (Å²) in [5.41, 5.74) is 1.43. The van der Waals surface area contributed by atoms with Crippen LogP contribution in [0.25, 0.3) is 10.2 Å². The minimum Gasteiger partial charge on any atom is -0.465 e. The Hall–Kier alpha value is -2.38. The number of thiazole rings is 1. The fraction of sp³-hybridized carbons (Fsp3) is 0.211. The fourth-order valence-electron chi connectivity index (χ4n) is 2.25. The molecule has 0 atom stereocenters. The van der Waals surface area contributed by atoms with Crippen molar-refractivity contribution in [3.05, 3.63) is 54.1 Å². The highest BCUT2D eigenvalue weighted by Gasteiger charge is 2.09. The first-order chi connectivity index (χ1) is 12.7. The first-order valence-electron chi connectivity index (χ1n) is 8.03. The summed E-state index contributed by atoms with van der Waals surface area (Å²) in [6, 6.07) is 14.3. The summed E-state index contributed by atoms with van der Waals surface area (Å²) >= 11 is 3.31. The van der Waals surface area contributed by atoms with Gasteiger partial charge in [0.1, 0.15) is 5.75 Å². The SMILES string of the molecule is COC(=O)c1ccc(OC(=O)CCCSc2nc3ccccc3s2)cc1. The van der Waals surface area contributed by atoms with Crippen molar-refractivity contribution in [3.63, 3.8) is 0 Å². The van der Waals surface area contributed by atoms with Crippen LogP contribution < -0.4 is 4.74 Å². The maximum Gasteiger partial charge on any atom is 0.337 e. The van der Waals surface area contributed by atoms with Crippen LogP contribution in [0.1, 0.15) is 23.2 Å². The van der Waals surface area contributed by atoms with Crippen LogP contribution in [0.4, 0.5) is 0 Å². The van der Waals surface area contributed by atoms with Gasteiger partial charge in [-0.2, -0.15) is 0 Å². The molecule has 0 saturated heterocycles. The van der Waals surface area contributed by atoms with Gasteiger partial charge in [-0.1, -0.05) is 23.9 Å². The Morgan fingerprint density at radius 2 is 1.88 bits per heavy atom. The van der Waals surface area contributed by atoms with E-state index in [4.69, 9.17) is 4.74 Å². The largest absolute Gasteiger partial charge is 0.465 e. The monoisotopic (exact) mass is 387 g/mol. The van der Waals surface area contributed by atoms with Gasteiger partial charge in [-0.05, 0) is 42.8 Å². The van der Waals surface area contributed by atoms with Crippen LogP contribution in [-0.2, 0) is 9.53 Å². The Bertz CT molecular complexity index is 872. The number of hydrogen-bond donors (Lipinski definition) is 0. The molecule has 0 radical (unpaired) electrons. The van der Waals surface area contributed by atoms with Crippen LogP contribution in [0.2, 0.25) is 0 Å². The highest BCUT2D eigenvalue weighted by molar-refractivity contribution is 8.01. The Labute approximate surface area is 159 Å². The number of esters is 2. The van der Waals surface area contributed by atoms with Crippen molar-refractivity contribution < 1.29 is 19.1 Å². The normalized spacial score (nSPS) is 10.7. The zero-order valence-corrected chi connectivity index (χ0v) is 15.8. The lowest BCUT2D eigenvalue weighted by Gasteiger charge is -2.05. The lowest BCUT2D eigenvalue weighted by Crippen LogP contribution is -2.08. The lowest BCUT2D eigenvalue weighted by atomic mass is 10.2. The second-order valence-corrected chi connectivity index (χ2v) is 7.76. The van der Waals surface area contributed by atoms with Crippen molar-refractivity contribution in [3.8, 4) is 5.75 Å². The summed E-state index contributed by atoms with van der Waals surface area (Å²) in [5, 5.41) is 0. The average molecular weight is 387 g/mol. The fourth-order valence-corrected chi connectivity index (χ4v) is 4.33. The summed E-state index contributed by atoms with van der Waals surface area (Å²) < 4.78 is 12.1. The summed E-state index contributed by atoms with van der Waals surface area (Å²) in [7, 11) is 1.32. The molecular formula is C19H17NO4S2. The zero-order valence-electron chi connectivity index (χ0n) is 14.1. The molecule has 0 N–H and O–H groups in total. The third-order valence-corrected chi connectivity index (χ3v) is 5.80. The van der Waals surface area contributed by atoms with Gasteiger partial charge in [0, 0.05) is 12.2 Å². The minimum absolute atomic E-state index is 0.291. The topological polar surface area (TPSA) is 65.5 Å². The second-order valence-electron chi connectivity index (χ2n) is 5.39. The van der Waals surface area contributed by atoms with Crippen LogP contribution in [0, 0.1) is 0 Å². The molecule has 134 valence electrons. The van der Waals surface area contributed by atoms with Crippen molar-refractivity contribution in [2.75, 3.05) is 12.9 Å². The van der Waals surface area contributed by atoms with E-state index in [0.717, 1.165) is 15.6 Å². The summed E-state index contributed by atoms with van der Waals surface area (Å²) in [5.74, 6) is 0.507. The van der Waals surface area contributed by atoms with E-state index in [1.54, 1.807) is 47.4 Å². The van der Waals surface area contributed by atoms with Crippen LogP contribution in [-0.4, -0.2) is 29.8 Å². The molecule has 0 aliphatic carbocycles. The van der Waals surface area contributed by atoms with Crippen molar-refractivity contribution in [1.82, 2.24) is 4.98 Å². The number of carbonyl (C=O) groups is 2. The highest BCUT2D eigenvalue weighted by Crippen LogP contribution is 2.29. The van der Waals surface area contributed by atoms with Gasteiger partial charge < -0.3 is 9.47 Å². The minimum atomic E-state index is -0.422. The predicted octanol–water partition coefficient (Wildman–Crippen LogP) is 4.56. The van der Waals surface area contributed by atoms with Crippen LogP contribution in [0.5, 0.6) is 5.75 Å². The molecule has 0 fully saturated rings. The molecular weight excluding hydrogens is 370 g/mol. The number of aromatic nitrogens is 1. The zero-order chi connectivity index (χ0) is 18.4. The molecule has 0 saturated carbocycles. The standard InChI is InChI=1S/C19H17NO4S2/c1-23-18(22)13-8-10-14(11-9-13)24-17(21)7-4-12-25-19-20-15-5-2-3-6-16(15)26-19/h2-3,5-6,8-11H,4,7,12H2,1H3. The van der Waals surface area contributed by atoms with Crippen molar-refractivity contribution in [1.29, 1.82) is 0 Å². The number of methoxy groups -OCH3 is 1. The third kappa shape index (κ3) is 4.83. The average Bonchev–Trinajstić information content (AvgIpc) is 3.08. The van der Waals surface area contributed by atoms with Gasteiger partial charge in [0.15, 0.2) is 4.34 Å². The van der Waals surface area contributed by atoms with Crippen LogP contribution in [0.15, 0.2) is 52.9 Å². The van der Waals surface area contributed by atoms with E-state index in [1.807, 2.05) is 18.2 Å². The van der Waals surface area contributed by atoms with Gasteiger partial charge in [-0.15, -0.1) is 11.3 Å². The van der Waals surface area contributed by atoms with Gasteiger partial charge in [-0.3, -0.25) is 4.79 Å². The van der Waals surface area contributed by atoms with Gasteiger partial charge in [0.2, 0.25) is 0 Å². The summed E-state index contributed by atoms with van der Waals surface area (Å²) in [6.07, 6.45) is 1.04. The summed E-state index contributed by atoms with van der Waals surface area (Å²) in [4.78, 5) is 27.8. The molecule has 5 nitrogen and oxygen atoms in total. The quantitative estimate of drug-likeness (QED) is 0.256. The molecule has 1 heterocycles. The molecule has 3 rings (SSSR count). The number of fused-ring (bicyclic) bond motifs is 1. The smallest absolute Gasteiger partial charge is 0.337 e. The van der Waals surface area contributed by atoms with Crippen molar-refractivity contribution in [2.45, 2.75) is 17.2 Å². The molecule has 0 aliphatic rings. The lowest BCUT2D eigenvalue weighted by molar-refractivity contribution is -0.134. The molecule has 26 heavy (non-hydrogen) atoms. The first kappa shape index (κ1) is 18.4. The molecule has 0 amide bonds. The second kappa shape index (κ2) is 8.82. The number of thioether (sulfide) groups is 1. The van der Waals surface area contributed by atoms with Gasteiger partial charge >= 0.3 is 11.9 Å². The van der Waals surface area contributed by atoms with Gasteiger partial charge in [-0.25, -0.2) is 9.78 Å². The molecule has 0 unspecified atom stereocenters. The van der Waals surface area contributed by atoms with Crippen LogP contribution in [0.3, 0.4) is 0 Å². The summed E-state index contributed by atoms with van der Waals surface area (Å²) in [6.45, 7) is 0. The molecule has 0 aliphatic heterocycles. The molecule has 7 heteroatoms. The molecule has 3 aromatic rings. The number of rotatable bonds is 7. The Balaban J connectivity index is 1.42. The third-order valence-electron chi connectivity index (χ3n) is 3.53. The maximum absolute atomic E-state index is 11.9. The Morgan fingerprint density at radius 1 is 1.12 bits per heavy atom. The van der Waals surface area contributed by atoms with E-state index < -0.39 is 5.97 Å².